The molecule has 1 radical (unpaired) electrons. The zero-order valence-electron chi connectivity index (χ0n) is 11.2. The summed E-state index contributed by atoms with van der Waals surface area (Å²) in [6, 6.07) is 15.5. The third-order valence-corrected chi connectivity index (χ3v) is 4.42. The number of benzene rings is 2. The van der Waals surface area contributed by atoms with Crippen LogP contribution < -0.4 is 0 Å². The second-order valence-electron chi connectivity index (χ2n) is 5.63. The Morgan fingerprint density at radius 2 is 1.83 bits per heavy atom. The molecule has 3 rings (SSSR count). The molecule has 0 amide bonds. The summed E-state index contributed by atoms with van der Waals surface area (Å²) in [5, 5.41) is 2.82. The van der Waals surface area contributed by atoms with Crippen LogP contribution in [0.4, 0.5) is 0 Å². The third kappa shape index (κ3) is 2.29. The number of hydrogen-bond donors (Lipinski definition) is 0. The van der Waals surface area contributed by atoms with Crippen LogP contribution in [0.2, 0.25) is 0 Å². The van der Waals surface area contributed by atoms with Crippen LogP contribution in [0.5, 0.6) is 0 Å². The summed E-state index contributed by atoms with van der Waals surface area (Å²) in [6.45, 7) is 2.36. The van der Waals surface area contributed by atoms with Crippen LogP contribution in [-0.4, -0.2) is 0 Å². The molecule has 1 saturated carbocycles. The van der Waals surface area contributed by atoms with E-state index in [0.29, 0.717) is 0 Å². The van der Waals surface area contributed by atoms with Crippen LogP contribution in [-0.2, 0) is 6.42 Å². The fraction of sp³-hybridized carbons (Fsp3) is 0.389. The zero-order chi connectivity index (χ0) is 12.4. The number of hydrogen-bond acceptors (Lipinski definition) is 0. The first-order valence-corrected chi connectivity index (χ1v) is 7.13. The minimum atomic E-state index is 0.810. The van der Waals surface area contributed by atoms with Gasteiger partial charge in [-0.1, -0.05) is 62.2 Å². The van der Waals surface area contributed by atoms with E-state index in [1.807, 2.05) is 0 Å². The van der Waals surface area contributed by atoms with Gasteiger partial charge in [0.25, 0.3) is 0 Å². The van der Waals surface area contributed by atoms with Crippen LogP contribution in [0.15, 0.2) is 42.5 Å². The highest BCUT2D eigenvalue weighted by atomic mass is 14.3. The lowest BCUT2D eigenvalue weighted by atomic mass is 9.77. The van der Waals surface area contributed by atoms with E-state index in [2.05, 4.69) is 49.4 Å². The summed E-state index contributed by atoms with van der Waals surface area (Å²) < 4.78 is 0. The molecule has 1 atom stereocenters. The monoisotopic (exact) mass is 237 g/mol. The van der Waals surface area contributed by atoms with Crippen molar-refractivity contribution < 1.29 is 0 Å². The zero-order valence-corrected chi connectivity index (χ0v) is 11.2. The van der Waals surface area contributed by atoms with Crippen molar-refractivity contribution in [2.75, 3.05) is 0 Å². The predicted molar refractivity (Wildman–Crippen MR) is 78.5 cm³/mol. The van der Waals surface area contributed by atoms with E-state index in [1.54, 1.807) is 5.92 Å². The maximum atomic E-state index is 2.36. The molecule has 0 aromatic heterocycles. The topological polar surface area (TPSA) is 0 Å². The minimum absolute atomic E-state index is 0.810. The van der Waals surface area contributed by atoms with E-state index >= 15 is 0 Å². The molecule has 0 N–H and O–H groups in total. The Morgan fingerprint density at radius 1 is 1.00 bits per heavy atom. The molecule has 1 aliphatic rings. The van der Waals surface area contributed by atoms with Crippen LogP contribution in [0.1, 0.15) is 38.2 Å². The Balaban J connectivity index is 1.90. The van der Waals surface area contributed by atoms with Gasteiger partial charge in [0.2, 0.25) is 0 Å². The smallest absolute Gasteiger partial charge is 0.0152 e. The van der Waals surface area contributed by atoms with Gasteiger partial charge in [0.15, 0.2) is 0 Å². The Morgan fingerprint density at radius 3 is 2.72 bits per heavy atom. The van der Waals surface area contributed by atoms with Crippen LogP contribution in [0.3, 0.4) is 0 Å². The Hall–Kier alpha value is -1.30. The van der Waals surface area contributed by atoms with Gasteiger partial charge in [-0.2, -0.15) is 0 Å². The molecule has 0 aliphatic heterocycles. The quantitative estimate of drug-likeness (QED) is 0.676. The molecule has 2 aromatic rings. The van der Waals surface area contributed by atoms with Crippen LogP contribution >= 0.6 is 0 Å². The van der Waals surface area contributed by atoms with Gasteiger partial charge < -0.3 is 0 Å². The summed E-state index contributed by atoms with van der Waals surface area (Å²) in [5.74, 6) is 2.53. The highest BCUT2D eigenvalue weighted by molar-refractivity contribution is 5.85. The molecule has 1 aliphatic carbocycles. The minimum Gasteiger partial charge on any atom is -0.0616 e. The molecule has 0 saturated heterocycles. The van der Waals surface area contributed by atoms with Crippen molar-refractivity contribution in [3.8, 4) is 0 Å². The summed E-state index contributed by atoms with van der Waals surface area (Å²) in [5.41, 5.74) is 1.53. The van der Waals surface area contributed by atoms with E-state index in [0.717, 1.165) is 5.92 Å². The average molecular weight is 237 g/mol. The summed E-state index contributed by atoms with van der Waals surface area (Å²) in [4.78, 5) is 0. The molecule has 0 heteroatoms. The molecule has 2 aromatic carbocycles. The second kappa shape index (κ2) is 5.14. The van der Waals surface area contributed by atoms with Gasteiger partial charge in [-0.25, -0.2) is 0 Å². The van der Waals surface area contributed by atoms with E-state index in [-0.39, 0.29) is 0 Å². The van der Waals surface area contributed by atoms with E-state index in [1.165, 1.54) is 48.4 Å². The molecule has 18 heavy (non-hydrogen) atoms. The van der Waals surface area contributed by atoms with Gasteiger partial charge >= 0.3 is 0 Å². The first-order valence-electron chi connectivity index (χ1n) is 7.13. The maximum absolute atomic E-state index is 2.36. The number of rotatable bonds is 2. The second-order valence-corrected chi connectivity index (χ2v) is 5.63. The van der Waals surface area contributed by atoms with Gasteiger partial charge in [0.05, 0.1) is 0 Å². The fourth-order valence-electron chi connectivity index (χ4n) is 3.26. The molecule has 0 spiro atoms. The Kier molecular flexibility index (Phi) is 3.36. The van der Waals surface area contributed by atoms with Gasteiger partial charge in [-0.15, -0.1) is 0 Å². The molecular weight excluding hydrogens is 216 g/mol. The fourth-order valence-corrected chi connectivity index (χ4v) is 3.26. The van der Waals surface area contributed by atoms with Crippen molar-refractivity contribution in [2.24, 2.45) is 5.92 Å². The van der Waals surface area contributed by atoms with Crippen molar-refractivity contribution >= 4 is 10.8 Å². The Bertz CT molecular complexity index is 521. The highest BCUT2D eigenvalue weighted by Gasteiger charge is 2.22. The maximum Gasteiger partial charge on any atom is -0.0152 e. The standard InChI is InChI=1S/C18H21/c1-14-7-2-3-9-16(14)13-17-11-6-10-15-8-4-5-12-18(15)17/h4-6,8,10-12,16H,2-3,7,9,13H2,1H3. The molecule has 1 unspecified atom stereocenters. The molecule has 0 bridgehead atoms. The first kappa shape index (κ1) is 11.8. The van der Waals surface area contributed by atoms with Gasteiger partial charge in [-0.05, 0) is 47.4 Å². The van der Waals surface area contributed by atoms with E-state index in [9.17, 15) is 0 Å². The largest absolute Gasteiger partial charge is 0.0616 e. The molecule has 0 heterocycles. The Labute approximate surface area is 110 Å². The predicted octanol–water partition coefficient (Wildman–Crippen LogP) is 5.17. The summed E-state index contributed by atoms with van der Waals surface area (Å²) in [7, 11) is 0. The van der Waals surface area contributed by atoms with Gasteiger partial charge in [-0.3, -0.25) is 0 Å². The molecule has 1 fully saturated rings. The van der Waals surface area contributed by atoms with Gasteiger partial charge in [0, 0.05) is 0 Å². The van der Waals surface area contributed by atoms with E-state index < -0.39 is 0 Å². The molecule has 0 nitrogen and oxygen atoms in total. The van der Waals surface area contributed by atoms with Crippen molar-refractivity contribution in [3.05, 3.63) is 53.9 Å². The average Bonchev–Trinajstić information content (AvgIpc) is 2.42. The molecular formula is C18H21. The highest BCUT2D eigenvalue weighted by Crippen LogP contribution is 2.34. The number of fused-ring (bicyclic) bond motifs is 1. The van der Waals surface area contributed by atoms with Gasteiger partial charge in [0.1, 0.15) is 0 Å². The summed E-state index contributed by atoms with van der Waals surface area (Å²) >= 11 is 0. The third-order valence-electron chi connectivity index (χ3n) is 4.42. The van der Waals surface area contributed by atoms with E-state index in [4.69, 9.17) is 0 Å². The first-order chi connectivity index (χ1) is 8.84. The van der Waals surface area contributed by atoms with Crippen LogP contribution in [0.25, 0.3) is 10.8 Å². The van der Waals surface area contributed by atoms with Crippen molar-refractivity contribution in [2.45, 2.75) is 39.0 Å². The SMILES string of the molecule is C[C]1CCCCC1Cc1cccc2ccccc12. The summed E-state index contributed by atoms with van der Waals surface area (Å²) in [6.07, 6.45) is 6.77. The lowest BCUT2D eigenvalue weighted by molar-refractivity contribution is 0.395. The van der Waals surface area contributed by atoms with Crippen molar-refractivity contribution in [3.63, 3.8) is 0 Å². The van der Waals surface area contributed by atoms with Crippen LogP contribution in [0, 0.1) is 11.8 Å². The van der Waals surface area contributed by atoms with Crippen molar-refractivity contribution in [1.29, 1.82) is 0 Å². The van der Waals surface area contributed by atoms with Crippen molar-refractivity contribution in [1.82, 2.24) is 0 Å². The normalized spacial score (nSPS) is 21.3. The molecule has 93 valence electrons. The lowest BCUT2D eigenvalue weighted by Gasteiger charge is -2.28. The lowest BCUT2D eigenvalue weighted by Crippen LogP contribution is -2.17.